The Balaban J connectivity index is 2.42. The quantitative estimate of drug-likeness (QED) is 0.863. The molecule has 1 aromatic carbocycles. The number of rotatable bonds is 4. The van der Waals surface area contributed by atoms with Crippen LogP contribution in [0.2, 0.25) is 0 Å². The molecule has 1 heterocycles. The van der Waals surface area contributed by atoms with Crippen LogP contribution in [0.3, 0.4) is 0 Å². The first-order valence-electron chi connectivity index (χ1n) is 6.76. The van der Waals surface area contributed by atoms with E-state index in [1.165, 1.54) is 10.7 Å². The number of aryl methyl sites for hydroxylation is 1. The summed E-state index contributed by atoms with van der Waals surface area (Å²) in [6, 6.07) is 9.12. The topological polar surface area (TPSA) is 64.2 Å². The summed E-state index contributed by atoms with van der Waals surface area (Å²) in [4.78, 5) is 13.6. The van der Waals surface area contributed by atoms with Gasteiger partial charge in [-0.3, -0.25) is 4.79 Å². The average Bonchev–Trinajstić information content (AvgIpc) is 2.44. The van der Waals surface area contributed by atoms with Gasteiger partial charge in [0.2, 0.25) is 0 Å². The minimum absolute atomic E-state index is 0.124. The van der Waals surface area contributed by atoms with Crippen molar-refractivity contribution in [1.82, 2.24) is 9.78 Å². The minimum atomic E-state index is -0.124. The molecule has 0 aliphatic heterocycles. The van der Waals surface area contributed by atoms with Crippen molar-refractivity contribution in [3.8, 4) is 11.3 Å². The van der Waals surface area contributed by atoms with Gasteiger partial charge in [0.1, 0.15) is 0 Å². The van der Waals surface area contributed by atoms with Crippen LogP contribution in [0.4, 0.5) is 11.4 Å². The number of aromatic nitrogens is 2. The van der Waals surface area contributed by atoms with Crippen molar-refractivity contribution in [1.29, 1.82) is 0 Å². The molecule has 0 aliphatic carbocycles. The van der Waals surface area contributed by atoms with Crippen LogP contribution in [0.1, 0.15) is 13.8 Å². The van der Waals surface area contributed by atoms with E-state index in [4.69, 9.17) is 5.73 Å². The number of anilines is 2. The first kappa shape index (κ1) is 14.1. The van der Waals surface area contributed by atoms with Crippen molar-refractivity contribution < 1.29 is 0 Å². The second-order valence-corrected chi connectivity index (χ2v) is 4.63. The van der Waals surface area contributed by atoms with Gasteiger partial charge in [0.25, 0.3) is 5.56 Å². The van der Waals surface area contributed by atoms with Gasteiger partial charge in [0.05, 0.1) is 17.1 Å². The number of hydrogen-bond donors (Lipinski definition) is 1. The third-order valence-corrected chi connectivity index (χ3v) is 3.39. The van der Waals surface area contributed by atoms with E-state index in [0.717, 1.165) is 35.7 Å². The predicted octanol–water partition coefficient (Wildman–Crippen LogP) is 1.88. The van der Waals surface area contributed by atoms with E-state index < -0.39 is 0 Å². The Morgan fingerprint density at radius 1 is 1.20 bits per heavy atom. The van der Waals surface area contributed by atoms with Gasteiger partial charge in [-0.15, -0.1) is 0 Å². The zero-order chi connectivity index (χ0) is 14.7. The minimum Gasteiger partial charge on any atom is -0.397 e. The van der Waals surface area contributed by atoms with E-state index in [0.29, 0.717) is 0 Å². The van der Waals surface area contributed by atoms with Gasteiger partial charge in [0.15, 0.2) is 0 Å². The molecule has 2 rings (SSSR count). The van der Waals surface area contributed by atoms with Crippen LogP contribution in [0.15, 0.2) is 35.1 Å². The van der Waals surface area contributed by atoms with Gasteiger partial charge in [-0.25, -0.2) is 4.68 Å². The fourth-order valence-electron chi connectivity index (χ4n) is 2.22. The zero-order valence-electron chi connectivity index (χ0n) is 12.1. The van der Waals surface area contributed by atoms with E-state index >= 15 is 0 Å². The van der Waals surface area contributed by atoms with E-state index in [9.17, 15) is 4.79 Å². The summed E-state index contributed by atoms with van der Waals surface area (Å²) in [5, 5.41) is 4.23. The molecule has 5 nitrogen and oxygen atoms in total. The highest BCUT2D eigenvalue weighted by atomic mass is 16.1. The summed E-state index contributed by atoms with van der Waals surface area (Å²) in [6.07, 6.45) is 0. The fourth-order valence-corrected chi connectivity index (χ4v) is 2.22. The molecule has 20 heavy (non-hydrogen) atoms. The number of nitrogens with zero attached hydrogens (tertiary/aromatic N) is 3. The highest BCUT2D eigenvalue weighted by Crippen LogP contribution is 2.28. The highest BCUT2D eigenvalue weighted by molar-refractivity contribution is 5.75. The van der Waals surface area contributed by atoms with E-state index in [2.05, 4.69) is 23.8 Å². The van der Waals surface area contributed by atoms with Crippen LogP contribution in [-0.2, 0) is 7.05 Å². The van der Waals surface area contributed by atoms with Crippen LogP contribution >= 0.6 is 0 Å². The Hall–Kier alpha value is -2.30. The van der Waals surface area contributed by atoms with Crippen molar-refractivity contribution in [2.45, 2.75) is 13.8 Å². The molecule has 0 atom stereocenters. The van der Waals surface area contributed by atoms with Gasteiger partial charge in [-0.2, -0.15) is 5.10 Å². The molecule has 0 fully saturated rings. The van der Waals surface area contributed by atoms with Crippen molar-refractivity contribution in [3.63, 3.8) is 0 Å². The Kier molecular flexibility index (Phi) is 4.08. The van der Waals surface area contributed by atoms with Crippen LogP contribution in [-0.4, -0.2) is 22.9 Å². The third kappa shape index (κ3) is 2.66. The number of nitrogen functional groups attached to an aromatic ring is 1. The van der Waals surface area contributed by atoms with Crippen molar-refractivity contribution in [2.75, 3.05) is 23.7 Å². The van der Waals surface area contributed by atoms with Gasteiger partial charge >= 0.3 is 0 Å². The fraction of sp³-hybridized carbons (Fsp3) is 0.333. The summed E-state index contributed by atoms with van der Waals surface area (Å²) < 4.78 is 1.32. The molecule has 0 saturated carbocycles. The normalized spacial score (nSPS) is 10.6. The molecule has 2 N–H and O–H groups in total. The Morgan fingerprint density at radius 2 is 1.90 bits per heavy atom. The molecular formula is C15H20N4O. The second-order valence-electron chi connectivity index (χ2n) is 4.63. The maximum Gasteiger partial charge on any atom is 0.266 e. The largest absolute Gasteiger partial charge is 0.397 e. The zero-order valence-corrected chi connectivity index (χ0v) is 12.1. The number of benzene rings is 1. The van der Waals surface area contributed by atoms with Crippen LogP contribution < -0.4 is 16.2 Å². The first-order valence-corrected chi connectivity index (χ1v) is 6.76. The smallest absolute Gasteiger partial charge is 0.266 e. The van der Waals surface area contributed by atoms with Crippen LogP contribution in [0, 0.1) is 0 Å². The highest BCUT2D eigenvalue weighted by Gasteiger charge is 2.09. The first-order chi connectivity index (χ1) is 9.56. The molecule has 0 spiro atoms. The summed E-state index contributed by atoms with van der Waals surface area (Å²) in [5.41, 5.74) is 9.42. The SMILES string of the molecule is CCN(CC)c1ccc(-c2ccc(=O)n(C)n2)cc1N. The van der Waals surface area contributed by atoms with E-state index in [-0.39, 0.29) is 5.56 Å². The molecule has 0 bridgehead atoms. The van der Waals surface area contributed by atoms with Crippen molar-refractivity contribution in [3.05, 3.63) is 40.7 Å². The summed E-state index contributed by atoms with van der Waals surface area (Å²) in [6.45, 7) is 6.03. The van der Waals surface area contributed by atoms with E-state index in [1.807, 2.05) is 18.2 Å². The van der Waals surface area contributed by atoms with Gasteiger partial charge in [0, 0.05) is 31.8 Å². The predicted molar refractivity (Wildman–Crippen MR) is 82.9 cm³/mol. The van der Waals surface area contributed by atoms with Gasteiger partial charge in [-0.05, 0) is 32.0 Å². The van der Waals surface area contributed by atoms with E-state index in [1.54, 1.807) is 13.1 Å². The Bertz CT molecular complexity index is 659. The second kappa shape index (κ2) is 5.77. The summed E-state index contributed by atoms with van der Waals surface area (Å²) in [5.74, 6) is 0. The molecule has 5 heteroatoms. The lowest BCUT2D eigenvalue weighted by atomic mass is 10.1. The molecular weight excluding hydrogens is 252 g/mol. The molecule has 0 unspecified atom stereocenters. The van der Waals surface area contributed by atoms with Gasteiger partial charge < -0.3 is 10.6 Å². The molecule has 106 valence electrons. The molecule has 0 aliphatic rings. The summed E-state index contributed by atoms with van der Waals surface area (Å²) >= 11 is 0. The van der Waals surface area contributed by atoms with Crippen LogP contribution in [0.25, 0.3) is 11.3 Å². The molecule has 2 aromatic rings. The summed E-state index contributed by atoms with van der Waals surface area (Å²) in [7, 11) is 1.64. The molecule has 1 aromatic heterocycles. The standard InChI is InChI=1S/C15H20N4O/c1-4-19(5-2)14-8-6-11(10-12(14)16)13-7-9-15(20)18(3)17-13/h6-10H,4-5,16H2,1-3H3. The van der Waals surface area contributed by atoms with Crippen molar-refractivity contribution >= 4 is 11.4 Å². The average molecular weight is 272 g/mol. The van der Waals surface area contributed by atoms with Crippen molar-refractivity contribution in [2.24, 2.45) is 7.05 Å². The lowest BCUT2D eigenvalue weighted by Gasteiger charge is -2.23. The Morgan fingerprint density at radius 3 is 2.45 bits per heavy atom. The Labute approximate surface area is 118 Å². The lowest BCUT2D eigenvalue weighted by Crippen LogP contribution is -2.23. The van der Waals surface area contributed by atoms with Gasteiger partial charge in [-0.1, -0.05) is 6.07 Å². The maximum absolute atomic E-state index is 11.4. The molecule has 0 radical (unpaired) electrons. The lowest BCUT2D eigenvalue weighted by molar-refractivity contribution is 0.712. The maximum atomic E-state index is 11.4. The monoisotopic (exact) mass is 272 g/mol. The molecule has 0 amide bonds. The van der Waals surface area contributed by atoms with Crippen LogP contribution in [0.5, 0.6) is 0 Å². The molecule has 0 saturated heterocycles. The number of nitrogens with two attached hydrogens (primary N) is 1. The number of hydrogen-bond acceptors (Lipinski definition) is 4. The third-order valence-electron chi connectivity index (χ3n) is 3.39.